The zero-order valence-corrected chi connectivity index (χ0v) is 18.5. The molecule has 1 saturated heterocycles. The number of nitrogens with one attached hydrogen (secondary N) is 2. The molecule has 1 aliphatic heterocycles. The van der Waals surface area contributed by atoms with Gasteiger partial charge in [0.05, 0.1) is 24.9 Å². The van der Waals surface area contributed by atoms with E-state index in [1.807, 2.05) is 20.0 Å². The summed E-state index contributed by atoms with van der Waals surface area (Å²) >= 11 is 1.69. The fourth-order valence-electron chi connectivity index (χ4n) is 3.53. The van der Waals surface area contributed by atoms with Crippen LogP contribution in [0.4, 0.5) is 0 Å². The first-order valence-corrected chi connectivity index (χ1v) is 10.8. The highest BCUT2D eigenvalue weighted by molar-refractivity contribution is 7.09. The van der Waals surface area contributed by atoms with Gasteiger partial charge in [-0.3, -0.25) is 9.89 Å². The molecule has 3 rings (SSSR count). The topological polar surface area (TPSA) is 71.0 Å². The van der Waals surface area contributed by atoms with Gasteiger partial charge in [-0.15, -0.1) is 11.3 Å². The Hall–Kier alpha value is -2.32. The molecule has 29 heavy (non-hydrogen) atoms. The first-order chi connectivity index (χ1) is 14.1. The molecule has 158 valence electrons. The molecule has 2 N–H and O–H groups in total. The Kier molecular flexibility index (Phi) is 7.71. The number of rotatable bonds is 8. The van der Waals surface area contributed by atoms with Gasteiger partial charge in [0, 0.05) is 57.1 Å². The van der Waals surface area contributed by atoms with E-state index in [9.17, 15) is 0 Å². The van der Waals surface area contributed by atoms with Crippen molar-refractivity contribution in [2.75, 3.05) is 40.9 Å². The summed E-state index contributed by atoms with van der Waals surface area (Å²) < 4.78 is 10.8. The summed E-state index contributed by atoms with van der Waals surface area (Å²) in [4.78, 5) is 11.3. The number of guanidine groups is 1. The highest BCUT2D eigenvalue weighted by Crippen LogP contribution is 2.24. The van der Waals surface area contributed by atoms with Crippen LogP contribution >= 0.6 is 11.3 Å². The number of aromatic nitrogens is 1. The molecule has 2 aromatic rings. The summed E-state index contributed by atoms with van der Waals surface area (Å²) in [5.74, 6) is 2.51. The predicted octanol–water partition coefficient (Wildman–Crippen LogP) is 2.45. The van der Waals surface area contributed by atoms with Crippen LogP contribution < -0.4 is 20.1 Å². The normalized spacial score (nSPS) is 17.4. The smallest absolute Gasteiger partial charge is 0.191 e. The Morgan fingerprint density at radius 1 is 1.28 bits per heavy atom. The number of benzene rings is 1. The third-order valence-corrected chi connectivity index (χ3v) is 5.82. The van der Waals surface area contributed by atoms with Crippen molar-refractivity contribution in [1.82, 2.24) is 20.5 Å². The average molecular weight is 418 g/mol. The van der Waals surface area contributed by atoms with E-state index in [1.165, 1.54) is 5.56 Å². The fraction of sp³-hybridized carbons (Fsp3) is 0.524. The molecule has 2 heterocycles. The second kappa shape index (κ2) is 10.5. The van der Waals surface area contributed by atoms with Crippen LogP contribution in [0.25, 0.3) is 0 Å². The van der Waals surface area contributed by atoms with E-state index >= 15 is 0 Å². The number of thiazole rings is 1. The Bertz CT molecular complexity index is 801. The first kappa shape index (κ1) is 21.4. The van der Waals surface area contributed by atoms with Gasteiger partial charge in [-0.05, 0) is 31.0 Å². The molecular weight excluding hydrogens is 386 g/mol. The zero-order chi connectivity index (χ0) is 20.6. The molecule has 0 spiro atoms. The zero-order valence-electron chi connectivity index (χ0n) is 17.7. The lowest BCUT2D eigenvalue weighted by Crippen LogP contribution is -2.45. The van der Waals surface area contributed by atoms with Crippen molar-refractivity contribution >= 4 is 17.3 Å². The minimum Gasteiger partial charge on any atom is -0.497 e. The molecule has 1 aromatic heterocycles. The molecule has 1 aromatic carbocycles. The maximum atomic E-state index is 5.38. The molecule has 0 aliphatic carbocycles. The number of aliphatic imine (C=N–C) groups is 1. The van der Waals surface area contributed by atoms with E-state index in [2.05, 4.69) is 43.0 Å². The molecule has 0 radical (unpaired) electrons. The number of hydrogen-bond acceptors (Lipinski definition) is 6. The quantitative estimate of drug-likeness (QED) is 0.508. The number of aryl methyl sites for hydroxylation is 1. The summed E-state index contributed by atoms with van der Waals surface area (Å²) in [6.45, 7) is 5.76. The van der Waals surface area contributed by atoms with Gasteiger partial charge in [-0.25, -0.2) is 4.98 Å². The van der Waals surface area contributed by atoms with E-state index in [-0.39, 0.29) is 0 Å². The number of hydrogen-bond donors (Lipinski definition) is 2. The maximum Gasteiger partial charge on any atom is 0.191 e. The highest BCUT2D eigenvalue weighted by Gasteiger charge is 2.23. The van der Waals surface area contributed by atoms with Gasteiger partial charge in [0.25, 0.3) is 0 Å². The summed E-state index contributed by atoms with van der Waals surface area (Å²) in [5.41, 5.74) is 2.33. The Morgan fingerprint density at radius 3 is 2.66 bits per heavy atom. The summed E-state index contributed by atoms with van der Waals surface area (Å²) in [6, 6.07) is 6.43. The van der Waals surface area contributed by atoms with Crippen LogP contribution in [0.2, 0.25) is 0 Å². The summed E-state index contributed by atoms with van der Waals surface area (Å²) in [6.07, 6.45) is 1.99. The van der Waals surface area contributed by atoms with Crippen LogP contribution in [-0.2, 0) is 13.0 Å². The van der Waals surface area contributed by atoms with Crippen molar-refractivity contribution in [3.8, 4) is 11.5 Å². The van der Waals surface area contributed by atoms with Crippen molar-refractivity contribution < 1.29 is 9.47 Å². The second-order valence-electron chi connectivity index (χ2n) is 7.19. The molecule has 0 amide bonds. The molecule has 0 bridgehead atoms. The van der Waals surface area contributed by atoms with Crippen LogP contribution in [0, 0.1) is 6.92 Å². The third kappa shape index (κ3) is 6.33. The molecule has 0 saturated carbocycles. The standard InChI is InChI=1S/C21H31N5O2S/c1-15-24-18(14-29-15)5-7-23-21(22-2)25-17-6-8-26(13-17)12-16-9-19(27-3)11-20(10-16)28-4/h9-11,14,17H,5-8,12-13H2,1-4H3,(H2,22,23,25). The van der Waals surface area contributed by atoms with Crippen LogP contribution in [0.5, 0.6) is 11.5 Å². The summed E-state index contributed by atoms with van der Waals surface area (Å²) in [7, 11) is 5.18. The number of ether oxygens (including phenoxy) is 2. The van der Waals surface area contributed by atoms with Crippen molar-refractivity contribution in [1.29, 1.82) is 0 Å². The molecule has 1 fully saturated rings. The number of methoxy groups -OCH3 is 2. The van der Waals surface area contributed by atoms with Gasteiger partial charge in [0.15, 0.2) is 5.96 Å². The van der Waals surface area contributed by atoms with Crippen molar-refractivity contribution in [2.45, 2.75) is 32.4 Å². The average Bonchev–Trinajstić information content (AvgIpc) is 3.35. The second-order valence-corrected chi connectivity index (χ2v) is 8.26. The van der Waals surface area contributed by atoms with Crippen molar-refractivity contribution in [3.05, 3.63) is 39.8 Å². The minimum atomic E-state index is 0.384. The van der Waals surface area contributed by atoms with E-state index in [0.717, 1.165) is 67.2 Å². The molecule has 1 unspecified atom stereocenters. The molecule has 1 atom stereocenters. The molecule has 1 aliphatic rings. The van der Waals surface area contributed by atoms with Gasteiger partial charge in [-0.1, -0.05) is 0 Å². The van der Waals surface area contributed by atoms with Crippen LogP contribution in [0.3, 0.4) is 0 Å². The van der Waals surface area contributed by atoms with Crippen LogP contribution in [0.1, 0.15) is 22.7 Å². The Morgan fingerprint density at radius 2 is 2.03 bits per heavy atom. The lowest BCUT2D eigenvalue weighted by atomic mass is 10.2. The number of nitrogens with zero attached hydrogens (tertiary/aromatic N) is 3. The molecule has 8 heteroatoms. The van der Waals surface area contributed by atoms with E-state index in [0.29, 0.717) is 6.04 Å². The monoisotopic (exact) mass is 417 g/mol. The van der Waals surface area contributed by atoms with Gasteiger partial charge < -0.3 is 20.1 Å². The fourth-order valence-corrected chi connectivity index (χ4v) is 4.18. The first-order valence-electron chi connectivity index (χ1n) is 9.92. The lowest BCUT2D eigenvalue weighted by molar-refractivity contribution is 0.321. The SMILES string of the molecule is CN=C(NCCc1csc(C)n1)NC1CCN(Cc2cc(OC)cc(OC)c2)C1. The predicted molar refractivity (Wildman–Crippen MR) is 118 cm³/mol. The lowest BCUT2D eigenvalue weighted by Gasteiger charge is -2.19. The van der Waals surface area contributed by atoms with Crippen molar-refractivity contribution in [3.63, 3.8) is 0 Å². The molecule has 7 nitrogen and oxygen atoms in total. The van der Waals surface area contributed by atoms with E-state index in [4.69, 9.17) is 9.47 Å². The largest absolute Gasteiger partial charge is 0.497 e. The van der Waals surface area contributed by atoms with Crippen LogP contribution in [0.15, 0.2) is 28.6 Å². The maximum absolute atomic E-state index is 5.38. The Balaban J connectivity index is 1.46. The van der Waals surface area contributed by atoms with Gasteiger partial charge in [-0.2, -0.15) is 0 Å². The van der Waals surface area contributed by atoms with Crippen molar-refractivity contribution in [2.24, 2.45) is 4.99 Å². The van der Waals surface area contributed by atoms with E-state index in [1.54, 1.807) is 25.6 Å². The van der Waals surface area contributed by atoms with Gasteiger partial charge in [0.1, 0.15) is 11.5 Å². The van der Waals surface area contributed by atoms with Crippen LogP contribution in [-0.4, -0.2) is 62.8 Å². The van der Waals surface area contributed by atoms with Gasteiger partial charge >= 0.3 is 0 Å². The van der Waals surface area contributed by atoms with E-state index < -0.39 is 0 Å². The summed E-state index contributed by atoms with van der Waals surface area (Å²) in [5, 5.41) is 10.2. The highest BCUT2D eigenvalue weighted by atomic mass is 32.1. The van der Waals surface area contributed by atoms with Gasteiger partial charge in [0.2, 0.25) is 0 Å². The third-order valence-electron chi connectivity index (χ3n) is 4.99. The Labute approximate surface area is 177 Å². The molecular formula is C21H31N5O2S. The minimum absolute atomic E-state index is 0.384. The number of likely N-dealkylation sites (tertiary alicyclic amines) is 1.